The summed E-state index contributed by atoms with van der Waals surface area (Å²) in [7, 11) is 0. The van der Waals surface area contributed by atoms with E-state index in [1.165, 1.54) is 47.5 Å². The molecule has 0 aliphatic heterocycles. The molecule has 0 bridgehead atoms. The van der Waals surface area contributed by atoms with Gasteiger partial charge in [-0.15, -0.1) is 215 Å². The molecule has 0 saturated heterocycles. The summed E-state index contributed by atoms with van der Waals surface area (Å²) in [5.74, 6) is -0.320. The summed E-state index contributed by atoms with van der Waals surface area (Å²) in [5.41, 5.74) is 21.3. The van der Waals surface area contributed by atoms with Crippen LogP contribution in [0.25, 0.3) is 101 Å². The maximum atomic E-state index is 13.1. The summed E-state index contributed by atoms with van der Waals surface area (Å²) in [4.78, 5) is 26.2. The van der Waals surface area contributed by atoms with Gasteiger partial charge in [0.2, 0.25) is 0 Å². The number of aromatic nitrogens is 6. The molecule has 0 N–H and O–H groups in total. The van der Waals surface area contributed by atoms with E-state index in [0.717, 1.165) is 113 Å². The van der Waals surface area contributed by atoms with Gasteiger partial charge in [0.05, 0.1) is 0 Å². The third-order valence-corrected chi connectivity index (χ3v) is 15.4. The van der Waals surface area contributed by atoms with Gasteiger partial charge in [-0.1, -0.05) is 112 Å². The van der Waals surface area contributed by atoms with Crippen LogP contribution in [0.2, 0.25) is 0 Å². The smallest absolute Gasteiger partial charge is 0.123 e. The van der Waals surface area contributed by atoms with Gasteiger partial charge in [-0.25, -0.2) is 13.2 Å². The van der Waals surface area contributed by atoms with E-state index in [1.807, 2.05) is 232 Å². The van der Waals surface area contributed by atoms with Crippen LogP contribution in [-0.4, -0.2) is 29.9 Å². The van der Waals surface area contributed by atoms with Gasteiger partial charge in [0.1, 0.15) is 17.5 Å². The molecule has 102 heavy (non-hydrogen) atoms. The molecule has 15 aromatic rings. The van der Waals surface area contributed by atoms with E-state index in [9.17, 15) is 13.2 Å². The second-order valence-electron chi connectivity index (χ2n) is 22.6. The number of nitrogens with zero attached hydrogens (tertiary/aromatic N) is 6. The molecular weight excluding hydrogens is 1800 g/mol. The first kappa shape index (κ1) is 78.9. The SMILES string of the molecule is CC(C)c1cc(-c2[c-]cccc2)ncc1-c1ccc(F)cc1.CCc1cc(-c2[c-]cccc2)ncc1-c1ccc(F)cc1.Cc1cc(-c2[c-]cccc2)ncc1-c1ccc(F)cc1.[Ir].[Ir].[Ir].[c-]1ccccc1-c1ccccn1.[c-]1ccccc1-c1ccccn1.[c-]1ccccc1-c1ccccn1. The first-order chi connectivity index (χ1) is 48.6. The number of hydrogen-bond donors (Lipinski definition) is 0. The maximum Gasteiger partial charge on any atom is 0.123 e. The average Bonchev–Trinajstić information content (AvgIpc) is 0.820. The first-order valence-electron chi connectivity index (χ1n) is 32.4. The summed E-state index contributed by atoms with van der Waals surface area (Å²) in [6.45, 7) is 8.45. The van der Waals surface area contributed by atoms with Crippen molar-refractivity contribution in [3.8, 4) is 101 Å². The summed E-state index contributed by atoms with van der Waals surface area (Å²) in [5, 5.41) is 0. The largest absolute Gasteiger partial charge is 0.305 e. The number of rotatable bonds is 11. The van der Waals surface area contributed by atoms with E-state index in [0.29, 0.717) is 5.92 Å². The fraction of sp³-hybridized carbons (Fsp3) is 0.0667. The van der Waals surface area contributed by atoms with Crippen molar-refractivity contribution < 1.29 is 73.5 Å². The van der Waals surface area contributed by atoms with E-state index >= 15 is 0 Å². The van der Waals surface area contributed by atoms with Gasteiger partial charge >= 0.3 is 0 Å². The van der Waals surface area contributed by atoms with Crippen molar-refractivity contribution >= 4 is 0 Å². The predicted molar refractivity (Wildman–Crippen MR) is 395 cm³/mol. The molecule has 0 unspecified atom stereocenters. The normalized spacial score (nSPS) is 10.0. The third-order valence-electron chi connectivity index (χ3n) is 15.4. The topological polar surface area (TPSA) is 77.3 Å². The number of pyridine rings is 6. The molecule has 6 aromatic heterocycles. The molecular formula is C90H69F3Ir3N6-6. The molecule has 0 aliphatic rings. The van der Waals surface area contributed by atoms with Gasteiger partial charge in [-0.3, -0.25) is 0 Å². The Labute approximate surface area is 638 Å². The van der Waals surface area contributed by atoms with E-state index in [2.05, 4.69) is 99.2 Å². The zero-order valence-electron chi connectivity index (χ0n) is 56.3. The van der Waals surface area contributed by atoms with E-state index in [-0.39, 0.29) is 77.8 Å². The van der Waals surface area contributed by atoms with Crippen LogP contribution in [-0.2, 0) is 66.7 Å². The Morgan fingerprint density at radius 2 is 0.588 bits per heavy atom. The minimum Gasteiger partial charge on any atom is -0.305 e. The van der Waals surface area contributed by atoms with Crippen molar-refractivity contribution in [2.24, 2.45) is 0 Å². The number of benzene rings is 9. The zero-order valence-corrected chi connectivity index (χ0v) is 63.5. The second kappa shape index (κ2) is 42.0. The maximum absolute atomic E-state index is 13.1. The van der Waals surface area contributed by atoms with Gasteiger partial charge in [-0.05, 0) is 141 Å². The van der Waals surface area contributed by atoms with Gasteiger partial charge in [0, 0.05) is 114 Å². The van der Waals surface area contributed by atoms with Crippen LogP contribution in [0.5, 0.6) is 0 Å². The molecule has 15 rings (SSSR count). The van der Waals surface area contributed by atoms with E-state index in [4.69, 9.17) is 0 Å². The molecule has 0 spiro atoms. The molecule has 12 heteroatoms. The Kier molecular flexibility index (Phi) is 32.5. The molecule has 513 valence electrons. The minimum absolute atomic E-state index is 0. The van der Waals surface area contributed by atoms with Crippen LogP contribution >= 0.6 is 0 Å². The van der Waals surface area contributed by atoms with Gasteiger partial charge in [0.15, 0.2) is 0 Å². The Morgan fingerprint density at radius 3 is 0.882 bits per heavy atom. The van der Waals surface area contributed by atoms with Crippen LogP contribution in [0.4, 0.5) is 13.2 Å². The molecule has 6 heterocycles. The fourth-order valence-electron chi connectivity index (χ4n) is 10.3. The van der Waals surface area contributed by atoms with E-state index in [1.54, 1.807) is 55.0 Å². The summed E-state index contributed by atoms with van der Waals surface area (Å²) < 4.78 is 39.1. The van der Waals surface area contributed by atoms with Crippen LogP contribution in [0, 0.1) is 60.8 Å². The molecule has 0 amide bonds. The molecule has 0 aliphatic carbocycles. The number of aryl methyl sites for hydroxylation is 2. The van der Waals surface area contributed by atoms with Crippen molar-refractivity contribution in [2.75, 3.05) is 0 Å². The van der Waals surface area contributed by atoms with Crippen LogP contribution in [0.3, 0.4) is 0 Å². The fourth-order valence-corrected chi connectivity index (χ4v) is 10.3. The van der Waals surface area contributed by atoms with Crippen LogP contribution in [0.15, 0.2) is 328 Å². The quantitative estimate of drug-likeness (QED) is 0.120. The first-order valence-corrected chi connectivity index (χ1v) is 32.4. The average molecular weight is 1870 g/mol. The number of halogens is 3. The Bertz CT molecular complexity index is 4540. The molecule has 3 radical (unpaired) electrons. The molecule has 9 aromatic carbocycles. The van der Waals surface area contributed by atoms with Crippen molar-refractivity contribution in [1.29, 1.82) is 0 Å². The standard InChI is InChI=1S/C20H17FN.C19H15FN.C18H13FN.3C11H8N.3Ir/c1-14(2)18-12-20(16-6-4-3-5-7-16)22-13-19(18)15-8-10-17(21)11-9-15;1-2-14-12-19(16-6-4-3-5-7-16)21-13-18(14)15-8-10-17(20)11-9-15;1-13-11-18(15-5-3-2-4-6-15)20-12-17(13)14-7-9-16(19)10-8-14;3*1-2-6-10(7-3-1)11-8-4-5-9-12-11;;;/h3-6,8-14H,1-2H3;3-6,8-13H,2H2,1H3;2-5,7-12H,1H3;3*1-6,8-9H;;;/q6*-1;;;. The molecule has 0 saturated carbocycles. The Balaban J connectivity index is 0.000000174. The Morgan fingerprint density at radius 1 is 0.304 bits per heavy atom. The van der Waals surface area contributed by atoms with E-state index < -0.39 is 0 Å². The van der Waals surface area contributed by atoms with Crippen LogP contribution in [0.1, 0.15) is 43.4 Å². The molecule has 0 fully saturated rings. The molecule has 0 atom stereocenters. The predicted octanol–water partition coefficient (Wildman–Crippen LogP) is 22.7. The summed E-state index contributed by atoms with van der Waals surface area (Å²) >= 11 is 0. The van der Waals surface area contributed by atoms with Crippen molar-refractivity contribution in [3.63, 3.8) is 0 Å². The van der Waals surface area contributed by atoms with Crippen molar-refractivity contribution in [2.45, 2.75) is 40.0 Å². The second-order valence-corrected chi connectivity index (χ2v) is 22.6. The van der Waals surface area contributed by atoms with Gasteiger partial charge < -0.3 is 29.9 Å². The van der Waals surface area contributed by atoms with Crippen molar-refractivity contribution in [3.05, 3.63) is 399 Å². The zero-order chi connectivity index (χ0) is 68.8. The van der Waals surface area contributed by atoms with Crippen molar-refractivity contribution in [1.82, 2.24) is 29.9 Å². The van der Waals surface area contributed by atoms with Gasteiger partial charge in [0.25, 0.3) is 0 Å². The van der Waals surface area contributed by atoms with Gasteiger partial charge in [-0.2, -0.15) is 0 Å². The molecule has 6 nitrogen and oxygen atoms in total. The summed E-state index contributed by atoms with van der Waals surface area (Å²) in [6.07, 6.45) is 11.8. The Hall–Kier alpha value is -10.4. The third kappa shape index (κ3) is 23.6. The van der Waals surface area contributed by atoms with Crippen LogP contribution < -0.4 is 0 Å². The summed E-state index contributed by atoms with van der Waals surface area (Å²) in [6, 6.07) is 109. The minimum atomic E-state index is -0.227. The monoisotopic (exact) mass is 1870 g/mol. The number of hydrogen-bond acceptors (Lipinski definition) is 6.